The average Bonchev–Trinajstić information content (AvgIpc) is 2.42. The van der Waals surface area contributed by atoms with Crippen LogP contribution in [-0.4, -0.2) is 24.4 Å². The van der Waals surface area contributed by atoms with Crippen molar-refractivity contribution in [3.8, 4) is 0 Å². The summed E-state index contributed by atoms with van der Waals surface area (Å²) in [4.78, 5) is 25.4. The van der Waals surface area contributed by atoms with E-state index in [1.807, 2.05) is 23.1 Å². The van der Waals surface area contributed by atoms with Crippen LogP contribution in [0.15, 0.2) is 18.2 Å². The Bertz CT molecular complexity index is 532. The highest BCUT2D eigenvalue weighted by atomic mass is 35.5. The minimum Gasteiger partial charge on any atom is -0.325 e. The van der Waals surface area contributed by atoms with Gasteiger partial charge < -0.3 is 16.0 Å². The van der Waals surface area contributed by atoms with Crippen LogP contribution >= 0.6 is 12.4 Å². The number of halogens is 1. The quantitative estimate of drug-likeness (QED) is 0.894. The minimum absolute atomic E-state index is 0. The zero-order valence-corrected chi connectivity index (χ0v) is 13.2. The Morgan fingerprint density at radius 2 is 2.14 bits per heavy atom. The van der Waals surface area contributed by atoms with Crippen LogP contribution < -0.4 is 16.0 Å². The second-order valence-electron chi connectivity index (χ2n) is 5.17. The molecule has 2 rings (SSSR count). The van der Waals surface area contributed by atoms with E-state index in [-0.39, 0.29) is 24.2 Å². The highest BCUT2D eigenvalue weighted by Gasteiger charge is 2.23. The molecule has 0 aromatic heterocycles. The van der Waals surface area contributed by atoms with E-state index in [1.165, 1.54) is 0 Å². The van der Waals surface area contributed by atoms with Gasteiger partial charge in [0.25, 0.3) is 0 Å². The molecule has 0 bridgehead atoms. The second-order valence-corrected chi connectivity index (χ2v) is 5.17. The third kappa shape index (κ3) is 3.95. The van der Waals surface area contributed by atoms with Crippen molar-refractivity contribution < 1.29 is 9.59 Å². The van der Waals surface area contributed by atoms with Gasteiger partial charge in [0.05, 0.1) is 6.04 Å². The summed E-state index contributed by atoms with van der Waals surface area (Å²) >= 11 is 0. The van der Waals surface area contributed by atoms with Crippen molar-refractivity contribution in [1.82, 2.24) is 0 Å². The van der Waals surface area contributed by atoms with Gasteiger partial charge in [0, 0.05) is 24.3 Å². The molecule has 21 heavy (non-hydrogen) atoms. The summed E-state index contributed by atoms with van der Waals surface area (Å²) in [5, 5.41) is 2.78. The topological polar surface area (TPSA) is 75.4 Å². The highest BCUT2D eigenvalue weighted by molar-refractivity contribution is 5.98. The summed E-state index contributed by atoms with van der Waals surface area (Å²) in [6.45, 7) is 4.44. The van der Waals surface area contributed by atoms with Crippen LogP contribution in [0.5, 0.6) is 0 Å². The molecule has 3 N–H and O–H groups in total. The molecule has 1 aromatic rings. The first-order valence-electron chi connectivity index (χ1n) is 7.02. The highest BCUT2D eigenvalue weighted by Crippen LogP contribution is 2.30. The van der Waals surface area contributed by atoms with Gasteiger partial charge in [-0.2, -0.15) is 0 Å². The fourth-order valence-corrected chi connectivity index (χ4v) is 2.36. The molecule has 6 heteroatoms. The van der Waals surface area contributed by atoms with Gasteiger partial charge in [0.15, 0.2) is 0 Å². The van der Waals surface area contributed by atoms with Crippen molar-refractivity contribution in [2.75, 3.05) is 16.8 Å². The first-order valence-corrected chi connectivity index (χ1v) is 7.02. The predicted molar refractivity (Wildman–Crippen MR) is 86.9 cm³/mol. The lowest BCUT2D eigenvalue weighted by atomic mass is 10.00. The number of carbonyl (C=O) groups is 2. The monoisotopic (exact) mass is 311 g/mol. The van der Waals surface area contributed by atoms with E-state index < -0.39 is 6.04 Å². The molecular formula is C15H22ClN3O2. The van der Waals surface area contributed by atoms with Gasteiger partial charge in [0.1, 0.15) is 0 Å². The Morgan fingerprint density at radius 3 is 2.76 bits per heavy atom. The normalized spacial score (nSPS) is 15.0. The van der Waals surface area contributed by atoms with Crippen molar-refractivity contribution in [2.45, 2.75) is 39.2 Å². The van der Waals surface area contributed by atoms with Crippen LogP contribution in [0, 0.1) is 0 Å². The van der Waals surface area contributed by atoms with Crippen molar-refractivity contribution in [1.29, 1.82) is 0 Å². The molecule has 1 aliphatic rings. The molecule has 0 spiro atoms. The number of hydrogen-bond acceptors (Lipinski definition) is 3. The van der Waals surface area contributed by atoms with E-state index >= 15 is 0 Å². The van der Waals surface area contributed by atoms with Crippen LogP contribution in [0.3, 0.4) is 0 Å². The maximum atomic E-state index is 11.9. The molecule has 5 nitrogen and oxygen atoms in total. The van der Waals surface area contributed by atoms with Gasteiger partial charge in [0.2, 0.25) is 11.8 Å². The number of rotatable bonds is 4. The fraction of sp³-hybridized carbons (Fsp3) is 0.467. The van der Waals surface area contributed by atoms with E-state index in [9.17, 15) is 9.59 Å². The summed E-state index contributed by atoms with van der Waals surface area (Å²) < 4.78 is 0. The fourth-order valence-electron chi connectivity index (χ4n) is 2.36. The number of nitrogens with one attached hydrogen (secondary N) is 1. The SMILES string of the molecule is CCCN1C(=O)CCc2cc(NC(=O)C(C)N)ccc21.Cl. The summed E-state index contributed by atoms with van der Waals surface area (Å²) in [7, 11) is 0. The number of benzene rings is 1. The zero-order chi connectivity index (χ0) is 14.7. The predicted octanol–water partition coefficient (Wildman–Crippen LogP) is 2.08. The molecule has 116 valence electrons. The van der Waals surface area contributed by atoms with E-state index in [1.54, 1.807) is 6.92 Å². The van der Waals surface area contributed by atoms with Crippen LogP contribution in [0.1, 0.15) is 32.3 Å². The van der Waals surface area contributed by atoms with E-state index in [0.29, 0.717) is 6.42 Å². The average molecular weight is 312 g/mol. The van der Waals surface area contributed by atoms with Crippen molar-refractivity contribution >= 4 is 35.6 Å². The molecule has 0 radical (unpaired) electrons. The van der Waals surface area contributed by atoms with Crippen LogP contribution in [0.4, 0.5) is 11.4 Å². The molecule has 0 saturated heterocycles. The second kappa shape index (κ2) is 7.43. The zero-order valence-electron chi connectivity index (χ0n) is 12.4. The maximum Gasteiger partial charge on any atom is 0.240 e. The van der Waals surface area contributed by atoms with E-state index in [0.717, 1.165) is 36.3 Å². The van der Waals surface area contributed by atoms with Crippen molar-refractivity contribution in [3.63, 3.8) is 0 Å². The van der Waals surface area contributed by atoms with Crippen LogP contribution in [0.25, 0.3) is 0 Å². The van der Waals surface area contributed by atoms with Crippen LogP contribution in [0.2, 0.25) is 0 Å². The number of nitrogens with two attached hydrogens (primary N) is 1. The Hall–Kier alpha value is -1.59. The molecule has 1 heterocycles. The molecule has 0 saturated carbocycles. The number of anilines is 2. The molecule has 1 aliphatic heterocycles. The third-order valence-corrected chi connectivity index (χ3v) is 3.41. The summed E-state index contributed by atoms with van der Waals surface area (Å²) in [5.74, 6) is -0.0334. The van der Waals surface area contributed by atoms with Gasteiger partial charge in [-0.15, -0.1) is 12.4 Å². The number of aryl methyl sites for hydroxylation is 1. The Balaban J connectivity index is 0.00000220. The minimum atomic E-state index is -0.538. The number of amides is 2. The molecule has 0 fully saturated rings. The number of carbonyl (C=O) groups excluding carboxylic acids is 2. The van der Waals surface area contributed by atoms with Crippen molar-refractivity contribution in [2.24, 2.45) is 5.73 Å². The molecule has 0 aliphatic carbocycles. The smallest absolute Gasteiger partial charge is 0.240 e. The van der Waals surface area contributed by atoms with E-state index in [2.05, 4.69) is 12.2 Å². The number of fused-ring (bicyclic) bond motifs is 1. The number of hydrogen-bond donors (Lipinski definition) is 2. The Kier molecular flexibility index (Phi) is 6.18. The maximum absolute atomic E-state index is 11.9. The molecule has 2 amide bonds. The molecule has 1 atom stereocenters. The van der Waals surface area contributed by atoms with E-state index in [4.69, 9.17) is 5.73 Å². The van der Waals surface area contributed by atoms with Gasteiger partial charge >= 0.3 is 0 Å². The first-order chi connectivity index (χ1) is 9.52. The summed E-state index contributed by atoms with van der Waals surface area (Å²) in [6.07, 6.45) is 2.17. The lowest BCUT2D eigenvalue weighted by Gasteiger charge is -2.29. The standard InChI is InChI=1S/C15H21N3O2.ClH/c1-3-8-18-13-6-5-12(17-15(20)10(2)16)9-11(13)4-7-14(18)19;/h5-6,9-10H,3-4,7-8,16H2,1-2H3,(H,17,20);1H. The summed E-state index contributed by atoms with van der Waals surface area (Å²) in [6, 6.07) is 5.12. The van der Waals surface area contributed by atoms with Gasteiger partial charge in [-0.25, -0.2) is 0 Å². The van der Waals surface area contributed by atoms with Gasteiger partial charge in [-0.1, -0.05) is 6.92 Å². The van der Waals surface area contributed by atoms with Gasteiger partial charge in [-0.3, -0.25) is 9.59 Å². The summed E-state index contributed by atoms with van der Waals surface area (Å²) in [5.41, 5.74) is 8.33. The molecule has 1 unspecified atom stereocenters. The lowest BCUT2D eigenvalue weighted by molar-refractivity contribution is -0.119. The first kappa shape index (κ1) is 17.5. The van der Waals surface area contributed by atoms with Gasteiger partial charge in [-0.05, 0) is 43.5 Å². The van der Waals surface area contributed by atoms with Crippen LogP contribution in [-0.2, 0) is 16.0 Å². The number of nitrogens with zero attached hydrogens (tertiary/aromatic N) is 1. The molecular weight excluding hydrogens is 290 g/mol. The Labute approximate surface area is 131 Å². The lowest BCUT2D eigenvalue weighted by Crippen LogP contribution is -2.36. The third-order valence-electron chi connectivity index (χ3n) is 3.41. The Morgan fingerprint density at radius 1 is 1.43 bits per heavy atom. The largest absolute Gasteiger partial charge is 0.325 e. The van der Waals surface area contributed by atoms with Crippen molar-refractivity contribution in [3.05, 3.63) is 23.8 Å². The molecule has 1 aromatic carbocycles.